The average Bonchev–Trinajstić information content (AvgIpc) is 2.39. The molecular weight excluding hydrogens is 228 g/mol. The van der Waals surface area contributed by atoms with E-state index in [4.69, 9.17) is 9.47 Å². The highest BCUT2D eigenvalue weighted by atomic mass is 16.5. The Morgan fingerprint density at radius 3 is 2.44 bits per heavy atom. The fraction of sp³-hybridized carbons (Fsp3) is 0.600. The highest BCUT2D eigenvalue weighted by molar-refractivity contribution is 5.21. The summed E-state index contributed by atoms with van der Waals surface area (Å²) in [6.07, 6.45) is 1.79. The second-order valence-electron chi connectivity index (χ2n) is 4.63. The van der Waals surface area contributed by atoms with Crippen molar-refractivity contribution in [1.29, 1.82) is 0 Å². The molecule has 0 aromatic heterocycles. The Kier molecular flexibility index (Phi) is 7.65. The first-order valence-electron chi connectivity index (χ1n) is 6.49. The van der Waals surface area contributed by atoms with Gasteiger partial charge in [0, 0.05) is 20.3 Å². The fourth-order valence-corrected chi connectivity index (χ4v) is 1.81. The van der Waals surface area contributed by atoms with Crippen molar-refractivity contribution in [1.82, 2.24) is 0 Å². The van der Waals surface area contributed by atoms with Crippen molar-refractivity contribution in [2.24, 2.45) is 5.92 Å². The summed E-state index contributed by atoms with van der Waals surface area (Å²) in [6.45, 7) is 4.22. The van der Waals surface area contributed by atoms with Crippen molar-refractivity contribution in [3.05, 3.63) is 35.4 Å². The molecule has 0 aliphatic rings. The summed E-state index contributed by atoms with van der Waals surface area (Å²) in [5, 5.41) is 9.36. The summed E-state index contributed by atoms with van der Waals surface area (Å²) in [6, 6.07) is 8.48. The number of benzene rings is 1. The van der Waals surface area contributed by atoms with Gasteiger partial charge in [-0.25, -0.2) is 0 Å². The van der Waals surface area contributed by atoms with Crippen LogP contribution in [0.1, 0.15) is 17.5 Å². The van der Waals surface area contributed by atoms with Gasteiger partial charge in [0.2, 0.25) is 0 Å². The number of aliphatic hydroxyl groups excluding tert-OH is 1. The van der Waals surface area contributed by atoms with Crippen LogP contribution in [0, 0.1) is 12.8 Å². The molecule has 0 fully saturated rings. The van der Waals surface area contributed by atoms with Gasteiger partial charge in [0.05, 0.1) is 13.2 Å². The van der Waals surface area contributed by atoms with E-state index in [0.717, 1.165) is 12.8 Å². The fourth-order valence-electron chi connectivity index (χ4n) is 1.81. The Bertz CT molecular complexity index is 308. The monoisotopic (exact) mass is 252 g/mol. The van der Waals surface area contributed by atoms with Crippen LogP contribution in [0.15, 0.2) is 24.3 Å². The maximum atomic E-state index is 9.36. The van der Waals surface area contributed by atoms with Crippen LogP contribution < -0.4 is 0 Å². The van der Waals surface area contributed by atoms with Gasteiger partial charge in [-0.15, -0.1) is 0 Å². The van der Waals surface area contributed by atoms with Crippen LogP contribution in [0.3, 0.4) is 0 Å². The van der Waals surface area contributed by atoms with Gasteiger partial charge < -0.3 is 14.6 Å². The summed E-state index contributed by atoms with van der Waals surface area (Å²) >= 11 is 0. The molecule has 0 saturated carbocycles. The molecule has 0 radical (unpaired) electrons. The number of aliphatic hydroxyl groups is 1. The molecule has 0 aliphatic carbocycles. The number of rotatable bonds is 9. The number of hydrogen-bond donors (Lipinski definition) is 1. The maximum absolute atomic E-state index is 9.36. The van der Waals surface area contributed by atoms with Gasteiger partial charge >= 0.3 is 0 Å². The molecule has 102 valence electrons. The lowest BCUT2D eigenvalue weighted by molar-refractivity contribution is 0.0588. The van der Waals surface area contributed by atoms with E-state index in [9.17, 15) is 5.11 Å². The molecule has 1 unspecified atom stereocenters. The topological polar surface area (TPSA) is 38.7 Å². The zero-order chi connectivity index (χ0) is 13.2. The molecule has 3 heteroatoms. The van der Waals surface area contributed by atoms with Gasteiger partial charge in [-0.1, -0.05) is 29.8 Å². The first-order chi connectivity index (χ1) is 8.76. The highest BCUT2D eigenvalue weighted by Crippen LogP contribution is 2.13. The molecule has 0 saturated heterocycles. The summed E-state index contributed by atoms with van der Waals surface area (Å²) in [5.74, 6) is 0.273. The average molecular weight is 252 g/mol. The summed E-state index contributed by atoms with van der Waals surface area (Å²) < 4.78 is 10.3. The third-order valence-corrected chi connectivity index (χ3v) is 3.01. The minimum Gasteiger partial charge on any atom is -0.396 e. The zero-order valence-electron chi connectivity index (χ0n) is 11.4. The Balaban J connectivity index is 2.26. The largest absolute Gasteiger partial charge is 0.396 e. The van der Waals surface area contributed by atoms with Gasteiger partial charge in [-0.05, 0) is 31.2 Å². The number of methoxy groups -OCH3 is 1. The van der Waals surface area contributed by atoms with E-state index in [-0.39, 0.29) is 12.5 Å². The number of hydrogen-bond acceptors (Lipinski definition) is 3. The van der Waals surface area contributed by atoms with Crippen LogP contribution in [0.2, 0.25) is 0 Å². The normalized spacial score (nSPS) is 12.6. The van der Waals surface area contributed by atoms with E-state index in [1.165, 1.54) is 11.1 Å². The van der Waals surface area contributed by atoms with Crippen LogP contribution in [0.4, 0.5) is 0 Å². The lowest BCUT2D eigenvalue weighted by Crippen LogP contribution is -2.14. The van der Waals surface area contributed by atoms with Gasteiger partial charge in [-0.2, -0.15) is 0 Å². The Morgan fingerprint density at radius 1 is 1.11 bits per heavy atom. The van der Waals surface area contributed by atoms with Crippen molar-refractivity contribution < 1.29 is 14.6 Å². The predicted molar refractivity (Wildman–Crippen MR) is 72.8 cm³/mol. The standard InChI is InChI=1S/C15H24O3/c1-13-3-5-14(6-4-13)11-15(12-16)7-8-18-10-9-17-2/h3-6,15-16H,7-12H2,1-2H3. The van der Waals surface area contributed by atoms with Crippen molar-refractivity contribution in [3.8, 4) is 0 Å². The molecule has 0 heterocycles. The smallest absolute Gasteiger partial charge is 0.0700 e. The SMILES string of the molecule is COCCOCCC(CO)Cc1ccc(C)cc1. The van der Waals surface area contributed by atoms with Crippen LogP contribution >= 0.6 is 0 Å². The molecule has 18 heavy (non-hydrogen) atoms. The molecule has 0 bridgehead atoms. The molecule has 1 aromatic rings. The molecule has 0 aliphatic heterocycles. The van der Waals surface area contributed by atoms with Gasteiger partial charge in [0.1, 0.15) is 0 Å². The van der Waals surface area contributed by atoms with E-state index in [0.29, 0.717) is 19.8 Å². The maximum Gasteiger partial charge on any atom is 0.0700 e. The van der Waals surface area contributed by atoms with E-state index >= 15 is 0 Å². The van der Waals surface area contributed by atoms with Gasteiger partial charge in [0.15, 0.2) is 0 Å². The Hall–Kier alpha value is -0.900. The lowest BCUT2D eigenvalue weighted by Gasteiger charge is -2.14. The third kappa shape index (κ3) is 6.15. The molecule has 1 aromatic carbocycles. The van der Waals surface area contributed by atoms with Crippen LogP contribution in [-0.2, 0) is 15.9 Å². The molecule has 0 amide bonds. The second-order valence-corrected chi connectivity index (χ2v) is 4.63. The second kappa shape index (κ2) is 9.09. The molecule has 3 nitrogen and oxygen atoms in total. The van der Waals surface area contributed by atoms with E-state index in [1.54, 1.807) is 7.11 Å². The number of aryl methyl sites for hydroxylation is 1. The van der Waals surface area contributed by atoms with Crippen LogP contribution in [0.5, 0.6) is 0 Å². The summed E-state index contributed by atoms with van der Waals surface area (Å²) in [5.41, 5.74) is 2.54. The van der Waals surface area contributed by atoms with E-state index in [1.807, 2.05) is 0 Å². The summed E-state index contributed by atoms with van der Waals surface area (Å²) in [4.78, 5) is 0. The number of ether oxygens (including phenoxy) is 2. The molecule has 1 atom stereocenters. The lowest BCUT2D eigenvalue weighted by atomic mass is 9.97. The Labute approximate surface area is 110 Å². The van der Waals surface area contributed by atoms with Crippen molar-refractivity contribution in [2.45, 2.75) is 19.8 Å². The quantitative estimate of drug-likeness (QED) is 0.685. The van der Waals surface area contributed by atoms with Crippen molar-refractivity contribution >= 4 is 0 Å². The minimum absolute atomic E-state index is 0.210. The van der Waals surface area contributed by atoms with Crippen LogP contribution in [0.25, 0.3) is 0 Å². The molecule has 1 N–H and O–H groups in total. The van der Waals surface area contributed by atoms with E-state index < -0.39 is 0 Å². The summed E-state index contributed by atoms with van der Waals surface area (Å²) in [7, 11) is 1.66. The van der Waals surface area contributed by atoms with E-state index in [2.05, 4.69) is 31.2 Å². The first kappa shape index (κ1) is 15.2. The predicted octanol–water partition coefficient (Wildman–Crippen LogP) is 2.20. The highest BCUT2D eigenvalue weighted by Gasteiger charge is 2.08. The first-order valence-corrected chi connectivity index (χ1v) is 6.49. The molecule has 1 rings (SSSR count). The third-order valence-electron chi connectivity index (χ3n) is 3.01. The molecular formula is C15H24O3. The van der Waals surface area contributed by atoms with Crippen molar-refractivity contribution in [3.63, 3.8) is 0 Å². The zero-order valence-corrected chi connectivity index (χ0v) is 11.4. The van der Waals surface area contributed by atoms with Crippen LogP contribution in [-0.4, -0.2) is 38.6 Å². The Morgan fingerprint density at radius 2 is 1.83 bits per heavy atom. The van der Waals surface area contributed by atoms with Gasteiger partial charge in [0.25, 0.3) is 0 Å². The minimum atomic E-state index is 0.210. The molecule has 0 spiro atoms. The van der Waals surface area contributed by atoms with Gasteiger partial charge in [-0.3, -0.25) is 0 Å². The van der Waals surface area contributed by atoms with Crippen molar-refractivity contribution in [2.75, 3.05) is 33.5 Å².